The third kappa shape index (κ3) is 2.89. The summed E-state index contributed by atoms with van der Waals surface area (Å²) in [6.45, 7) is 3.94. The van der Waals surface area contributed by atoms with Crippen molar-refractivity contribution >= 4 is 0 Å². The first-order valence-electron chi connectivity index (χ1n) is 7.06. The SMILES string of the molecule is COC1CN(Cc2ccccc2)Cc2c1nc(C)[nH]c2=O. The Morgan fingerprint density at radius 1 is 1.38 bits per heavy atom. The average Bonchev–Trinajstić information content (AvgIpc) is 2.48. The number of hydrogen-bond donors (Lipinski definition) is 1. The highest BCUT2D eigenvalue weighted by Crippen LogP contribution is 2.26. The molecule has 1 N–H and O–H groups in total. The van der Waals surface area contributed by atoms with Crippen molar-refractivity contribution in [2.24, 2.45) is 0 Å². The number of nitrogens with one attached hydrogen (secondary N) is 1. The Balaban J connectivity index is 1.90. The van der Waals surface area contributed by atoms with Crippen LogP contribution in [0.3, 0.4) is 0 Å². The topological polar surface area (TPSA) is 58.2 Å². The van der Waals surface area contributed by atoms with Gasteiger partial charge >= 0.3 is 0 Å². The van der Waals surface area contributed by atoms with E-state index in [-0.39, 0.29) is 11.7 Å². The van der Waals surface area contributed by atoms with Gasteiger partial charge in [0.2, 0.25) is 0 Å². The number of hydrogen-bond acceptors (Lipinski definition) is 4. The number of ether oxygens (including phenoxy) is 1. The Morgan fingerprint density at radius 3 is 2.86 bits per heavy atom. The molecule has 3 rings (SSSR count). The molecular formula is C16H19N3O2. The zero-order valence-electron chi connectivity index (χ0n) is 12.3. The van der Waals surface area contributed by atoms with E-state index in [4.69, 9.17) is 4.74 Å². The molecule has 1 aromatic carbocycles. The van der Waals surface area contributed by atoms with Gasteiger partial charge in [0.1, 0.15) is 11.9 Å². The highest BCUT2D eigenvalue weighted by Gasteiger charge is 2.28. The van der Waals surface area contributed by atoms with Crippen LogP contribution in [0.25, 0.3) is 0 Å². The molecule has 0 fully saturated rings. The molecule has 1 aliphatic rings. The molecule has 2 heterocycles. The number of H-pyrrole nitrogens is 1. The summed E-state index contributed by atoms with van der Waals surface area (Å²) in [4.78, 5) is 21.6. The lowest BCUT2D eigenvalue weighted by Crippen LogP contribution is -2.38. The van der Waals surface area contributed by atoms with E-state index in [2.05, 4.69) is 27.0 Å². The van der Waals surface area contributed by atoms with Gasteiger partial charge in [-0.1, -0.05) is 30.3 Å². The Hall–Kier alpha value is -1.98. The Kier molecular flexibility index (Phi) is 3.86. The predicted molar refractivity (Wildman–Crippen MR) is 79.9 cm³/mol. The van der Waals surface area contributed by atoms with Gasteiger partial charge < -0.3 is 9.72 Å². The minimum Gasteiger partial charge on any atom is -0.374 e. The lowest BCUT2D eigenvalue weighted by atomic mass is 10.0. The van der Waals surface area contributed by atoms with E-state index < -0.39 is 0 Å². The largest absolute Gasteiger partial charge is 0.374 e. The maximum absolute atomic E-state index is 12.2. The third-order valence-corrected chi connectivity index (χ3v) is 3.81. The number of fused-ring (bicyclic) bond motifs is 1. The van der Waals surface area contributed by atoms with Crippen molar-refractivity contribution in [1.29, 1.82) is 0 Å². The minimum absolute atomic E-state index is 0.0580. The van der Waals surface area contributed by atoms with Crippen molar-refractivity contribution in [2.75, 3.05) is 13.7 Å². The van der Waals surface area contributed by atoms with Crippen LogP contribution in [-0.2, 0) is 17.8 Å². The van der Waals surface area contributed by atoms with E-state index >= 15 is 0 Å². The molecule has 0 saturated heterocycles. The zero-order valence-corrected chi connectivity index (χ0v) is 12.3. The molecule has 0 spiro atoms. The molecule has 5 heteroatoms. The molecule has 0 radical (unpaired) electrons. The monoisotopic (exact) mass is 285 g/mol. The highest BCUT2D eigenvalue weighted by molar-refractivity contribution is 5.24. The lowest BCUT2D eigenvalue weighted by molar-refractivity contribution is 0.0409. The maximum atomic E-state index is 12.2. The van der Waals surface area contributed by atoms with Gasteiger partial charge in [-0.15, -0.1) is 0 Å². The first-order chi connectivity index (χ1) is 10.2. The Labute approximate surface area is 123 Å². The quantitative estimate of drug-likeness (QED) is 0.934. The molecule has 0 saturated carbocycles. The minimum atomic E-state index is -0.154. The van der Waals surface area contributed by atoms with Crippen LogP contribution in [0.1, 0.15) is 28.7 Å². The van der Waals surface area contributed by atoms with Gasteiger partial charge in [0.05, 0.1) is 11.3 Å². The lowest BCUT2D eigenvalue weighted by Gasteiger charge is -2.32. The first-order valence-corrected chi connectivity index (χ1v) is 7.06. The van der Waals surface area contributed by atoms with E-state index in [1.807, 2.05) is 18.2 Å². The fourth-order valence-corrected chi connectivity index (χ4v) is 2.81. The summed E-state index contributed by atoms with van der Waals surface area (Å²) in [7, 11) is 1.67. The second-order valence-electron chi connectivity index (χ2n) is 5.39. The second-order valence-corrected chi connectivity index (χ2v) is 5.39. The fourth-order valence-electron chi connectivity index (χ4n) is 2.81. The summed E-state index contributed by atoms with van der Waals surface area (Å²) in [5, 5.41) is 0. The van der Waals surface area contributed by atoms with Crippen molar-refractivity contribution in [3.63, 3.8) is 0 Å². The summed E-state index contributed by atoms with van der Waals surface area (Å²) in [6, 6.07) is 10.2. The molecule has 1 aliphatic heterocycles. The van der Waals surface area contributed by atoms with E-state index in [1.165, 1.54) is 5.56 Å². The summed E-state index contributed by atoms with van der Waals surface area (Å²) in [6.07, 6.45) is -0.154. The summed E-state index contributed by atoms with van der Waals surface area (Å²) < 4.78 is 5.54. The van der Waals surface area contributed by atoms with Gasteiger partial charge in [0.15, 0.2) is 0 Å². The van der Waals surface area contributed by atoms with Crippen LogP contribution < -0.4 is 5.56 Å². The van der Waals surface area contributed by atoms with Crippen LogP contribution in [0, 0.1) is 6.92 Å². The van der Waals surface area contributed by atoms with Crippen LogP contribution >= 0.6 is 0 Å². The van der Waals surface area contributed by atoms with Gasteiger partial charge in [-0.3, -0.25) is 9.69 Å². The van der Waals surface area contributed by atoms with Crippen molar-refractivity contribution in [1.82, 2.24) is 14.9 Å². The zero-order chi connectivity index (χ0) is 14.8. The van der Waals surface area contributed by atoms with Crippen LogP contribution in [0.15, 0.2) is 35.1 Å². The summed E-state index contributed by atoms with van der Waals surface area (Å²) in [5.74, 6) is 0.636. The number of rotatable bonds is 3. The summed E-state index contributed by atoms with van der Waals surface area (Å²) in [5.41, 5.74) is 2.67. The molecule has 2 aromatic rings. The molecule has 5 nitrogen and oxygen atoms in total. The maximum Gasteiger partial charge on any atom is 0.255 e. The molecule has 110 valence electrons. The van der Waals surface area contributed by atoms with Crippen molar-refractivity contribution in [3.8, 4) is 0 Å². The molecule has 21 heavy (non-hydrogen) atoms. The van der Waals surface area contributed by atoms with E-state index in [9.17, 15) is 4.79 Å². The number of methoxy groups -OCH3 is 1. The fraction of sp³-hybridized carbons (Fsp3) is 0.375. The standard InChI is InChI=1S/C16H19N3O2/c1-11-17-15-13(16(20)18-11)9-19(10-14(15)21-2)8-12-6-4-3-5-7-12/h3-7,14H,8-10H2,1-2H3,(H,17,18,20). The van der Waals surface area contributed by atoms with Gasteiger partial charge in [-0.2, -0.15) is 0 Å². The Bertz CT molecular complexity index is 682. The molecule has 1 unspecified atom stereocenters. The number of aryl methyl sites for hydroxylation is 1. The number of aromatic nitrogens is 2. The van der Waals surface area contributed by atoms with Crippen molar-refractivity contribution in [2.45, 2.75) is 26.1 Å². The van der Waals surface area contributed by atoms with Gasteiger partial charge in [-0.05, 0) is 12.5 Å². The predicted octanol–water partition coefficient (Wildman–Crippen LogP) is 1.78. The number of benzene rings is 1. The van der Waals surface area contributed by atoms with Crippen LogP contribution in [0.4, 0.5) is 0 Å². The van der Waals surface area contributed by atoms with Crippen LogP contribution in [0.2, 0.25) is 0 Å². The van der Waals surface area contributed by atoms with Gasteiger partial charge in [-0.25, -0.2) is 4.98 Å². The molecule has 0 aliphatic carbocycles. The van der Waals surface area contributed by atoms with Gasteiger partial charge in [0, 0.05) is 26.7 Å². The van der Waals surface area contributed by atoms with Crippen LogP contribution in [0.5, 0.6) is 0 Å². The third-order valence-electron chi connectivity index (χ3n) is 3.81. The average molecular weight is 285 g/mol. The highest BCUT2D eigenvalue weighted by atomic mass is 16.5. The summed E-state index contributed by atoms with van der Waals surface area (Å²) >= 11 is 0. The smallest absolute Gasteiger partial charge is 0.255 e. The Morgan fingerprint density at radius 2 is 2.14 bits per heavy atom. The van der Waals surface area contributed by atoms with E-state index in [1.54, 1.807) is 14.0 Å². The van der Waals surface area contributed by atoms with Crippen molar-refractivity contribution < 1.29 is 4.74 Å². The second kappa shape index (κ2) is 5.79. The molecule has 1 atom stereocenters. The van der Waals surface area contributed by atoms with E-state index in [0.717, 1.165) is 24.3 Å². The molecule has 1 aromatic heterocycles. The number of aromatic amines is 1. The van der Waals surface area contributed by atoms with E-state index in [0.29, 0.717) is 12.4 Å². The van der Waals surface area contributed by atoms with Gasteiger partial charge in [0.25, 0.3) is 5.56 Å². The number of nitrogens with zero attached hydrogens (tertiary/aromatic N) is 2. The normalized spacial score (nSPS) is 18.5. The van der Waals surface area contributed by atoms with Crippen molar-refractivity contribution in [3.05, 3.63) is 63.3 Å². The van der Waals surface area contributed by atoms with Crippen LogP contribution in [-0.4, -0.2) is 28.5 Å². The first kappa shape index (κ1) is 14.0. The molecular weight excluding hydrogens is 266 g/mol. The molecule has 0 amide bonds. The molecule has 0 bridgehead atoms.